The number of phenolic OH excluding ortho intramolecular Hbond substituents is 2. The number of thioether (sulfide) groups is 1. The summed E-state index contributed by atoms with van der Waals surface area (Å²) in [6.45, 7) is 0. The first kappa shape index (κ1) is 11.5. The highest BCUT2D eigenvalue weighted by Crippen LogP contribution is 2.33. The van der Waals surface area contributed by atoms with Crippen LogP contribution in [0.15, 0.2) is 23.1 Å². The molecule has 2 rings (SSSR count). The first-order valence-electron chi connectivity index (χ1n) is 4.72. The second-order valence-electron chi connectivity index (χ2n) is 3.48. The molecular weight excluding hydrogens is 242 g/mol. The number of carbonyl (C=O) groups is 2. The Hall–Kier alpha value is -1.95. The van der Waals surface area contributed by atoms with Crippen LogP contribution in [0.2, 0.25) is 0 Å². The monoisotopic (exact) mass is 251 g/mol. The molecule has 1 aromatic carbocycles. The Balaban J connectivity index is 2.37. The molecular formula is C11H9NO4S. The maximum absolute atomic E-state index is 11.6. The smallest absolute Gasteiger partial charge is 0.293 e. The Morgan fingerprint density at radius 3 is 2.53 bits per heavy atom. The van der Waals surface area contributed by atoms with Crippen LogP contribution in [0.3, 0.4) is 0 Å². The minimum atomic E-state index is -0.396. The zero-order valence-electron chi connectivity index (χ0n) is 8.88. The van der Waals surface area contributed by atoms with Crippen molar-refractivity contribution in [1.29, 1.82) is 0 Å². The Kier molecular flexibility index (Phi) is 2.81. The van der Waals surface area contributed by atoms with Crippen LogP contribution >= 0.6 is 11.8 Å². The van der Waals surface area contributed by atoms with Crippen LogP contribution in [0, 0.1) is 0 Å². The van der Waals surface area contributed by atoms with Gasteiger partial charge in [-0.2, -0.15) is 0 Å². The zero-order chi connectivity index (χ0) is 12.6. The fourth-order valence-corrected chi connectivity index (χ4v) is 2.16. The van der Waals surface area contributed by atoms with Crippen molar-refractivity contribution in [2.75, 3.05) is 7.05 Å². The molecule has 2 N–H and O–H groups in total. The molecule has 1 heterocycles. The van der Waals surface area contributed by atoms with E-state index in [9.17, 15) is 14.7 Å². The first-order chi connectivity index (χ1) is 7.99. The van der Waals surface area contributed by atoms with Crippen LogP contribution in [-0.2, 0) is 4.79 Å². The van der Waals surface area contributed by atoms with E-state index in [1.807, 2.05) is 0 Å². The normalized spacial score (nSPS) is 18.2. The molecule has 0 bridgehead atoms. The van der Waals surface area contributed by atoms with Crippen molar-refractivity contribution in [3.63, 3.8) is 0 Å². The number of hydrogen-bond acceptors (Lipinski definition) is 5. The van der Waals surface area contributed by atoms with Crippen LogP contribution in [0.4, 0.5) is 4.79 Å². The van der Waals surface area contributed by atoms with Gasteiger partial charge in [0, 0.05) is 18.7 Å². The van der Waals surface area contributed by atoms with Gasteiger partial charge >= 0.3 is 0 Å². The fraction of sp³-hybridized carbons (Fsp3) is 0.0909. The minimum Gasteiger partial charge on any atom is -0.508 e. The highest BCUT2D eigenvalue weighted by atomic mass is 32.2. The Labute approximate surface area is 101 Å². The van der Waals surface area contributed by atoms with E-state index in [4.69, 9.17) is 5.11 Å². The predicted octanol–water partition coefficient (Wildman–Crippen LogP) is 1.76. The number of likely N-dealkylation sites (N-methyl/N-ethyl adjacent to an activating group) is 1. The Bertz CT molecular complexity index is 538. The molecule has 1 aliphatic heterocycles. The molecule has 0 aromatic heterocycles. The molecule has 0 saturated carbocycles. The van der Waals surface area contributed by atoms with E-state index >= 15 is 0 Å². The number of carbonyl (C=O) groups excluding carboxylic acids is 2. The third kappa shape index (κ3) is 2.12. The molecule has 0 radical (unpaired) electrons. The molecule has 6 heteroatoms. The van der Waals surface area contributed by atoms with Crippen molar-refractivity contribution in [3.05, 3.63) is 28.7 Å². The van der Waals surface area contributed by atoms with Crippen LogP contribution in [0.5, 0.6) is 11.5 Å². The van der Waals surface area contributed by atoms with Gasteiger partial charge in [0.25, 0.3) is 11.1 Å². The lowest BCUT2D eigenvalue weighted by Crippen LogP contribution is -2.22. The van der Waals surface area contributed by atoms with E-state index in [1.165, 1.54) is 31.3 Å². The average Bonchev–Trinajstić information content (AvgIpc) is 2.50. The number of aromatic hydroxyl groups is 2. The number of imide groups is 1. The highest BCUT2D eigenvalue weighted by Gasteiger charge is 2.31. The Morgan fingerprint density at radius 2 is 2.00 bits per heavy atom. The lowest BCUT2D eigenvalue weighted by Gasteiger charge is -2.02. The van der Waals surface area contributed by atoms with Gasteiger partial charge in [0.05, 0.1) is 4.91 Å². The van der Waals surface area contributed by atoms with E-state index in [2.05, 4.69) is 0 Å². The number of amides is 2. The van der Waals surface area contributed by atoms with Gasteiger partial charge in [0.2, 0.25) is 0 Å². The van der Waals surface area contributed by atoms with Gasteiger partial charge < -0.3 is 10.2 Å². The minimum absolute atomic E-state index is 0.0664. The second-order valence-corrected chi connectivity index (χ2v) is 4.48. The van der Waals surface area contributed by atoms with E-state index < -0.39 is 5.91 Å². The van der Waals surface area contributed by atoms with E-state index in [0.29, 0.717) is 5.56 Å². The van der Waals surface area contributed by atoms with Gasteiger partial charge in [-0.25, -0.2) is 0 Å². The lowest BCUT2D eigenvalue weighted by molar-refractivity contribution is -0.121. The SMILES string of the molecule is CN1C(=O)S/C(=C\c2ccc(O)cc2O)C1=O. The summed E-state index contributed by atoms with van der Waals surface area (Å²) in [6, 6.07) is 4.03. The summed E-state index contributed by atoms with van der Waals surface area (Å²) in [7, 11) is 1.40. The summed E-state index contributed by atoms with van der Waals surface area (Å²) in [5.41, 5.74) is 0.377. The molecule has 1 aromatic rings. The molecule has 1 aliphatic rings. The largest absolute Gasteiger partial charge is 0.508 e. The van der Waals surface area contributed by atoms with Crippen LogP contribution < -0.4 is 0 Å². The van der Waals surface area contributed by atoms with Crippen LogP contribution in [0.1, 0.15) is 5.56 Å². The molecule has 88 valence electrons. The van der Waals surface area contributed by atoms with Crippen LogP contribution in [0.25, 0.3) is 6.08 Å². The zero-order valence-corrected chi connectivity index (χ0v) is 9.69. The summed E-state index contributed by atoms with van der Waals surface area (Å²) in [6.07, 6.45) is 1.42. The van der Waals surface area contributed by atoms with Gasteiger partial charge in [-0.15, -0.1) is 0 Å². The molecule has 17 heavy (non-hydrogen) atoms. The quantitative estimate of drug-likeness (QED) is 0.744. The maximum Gasteiger partial charge on any atom is 0.293 e. The summed E-state index contributed by atoms with van der Waals surface area (Å²) >= 11 is 0.814. The third-order valence-corrected chi connectivity index (χ3v) is 3.25. The summed E-state index contributed by atoms with van der Waals surface area (Å²) in [4.78, 5) is 24.1. The average molecular weight is 251 g/mol. The summed E-state index contributed by atoms with van der Waals surface area (Å²) < 4.78 is 0. The molecule has 1 fully saturated rings. The van der Waals surface area contributed by atoms with Crippen molar-refractivity contribution in [3.8, 4) is 11.5 Å². The van der Waals surface area contributed by atoms with Crippen molar-refractivity contribution in [2.24, 2.45) is 0 Å². The fourth-order valence-electron chi connectivity index (χ4n) is 1.34. The van der Waals surface area contributed by atoms with E-state index in [0.717, 1.165) is 16.7 Å². The third-order valence-electron chi connectivity index (χ3n) is 2.29. The van der Waals surface area contributed by atoms with Gasteiger partial charge in [0.15, 0.2) is 0 Å². The van der Waals surface area contributed by atoms with Crippen molar-refractivity contribution in [2.45, 2.75) is 0 Å². The van der Waals surface area contributed by atoms with Crippen LogP contribution in [-0.4, -0.2) is 33.3 Å². The van der Waals surface area contributed by atoms with Gasteiger partial charge in [-0.3, -0.25) is 14.5 Å². The van der Waals surface area contributed by atoms with E-state index in [-0.39, 0.29) is 21.6 Å². The second kappa shape index (κ2) is 4.14. The maximum atomic E-state index is 11.6. The standard InChI is InChI=1S/C11H9NO4S/c1-12-10(15)9(17-11(12)16)4-6-2-3-7(13)5-8(6)14/h2-5,13-14H,1H3/b9-4-. The molecule has 5 nitrogen and oxygen atoms in total. The molecule has 0 aliphatic carbocycles. The van der Waals surface area contributed by atoms with Crippen molar-refractivity contribution < 1.29 is 19.8 Å². The Morgan fingerprint density at radius 1 is 1.29 bits per heavy atom. The topological polar surface area (TPSA) is 77.8 Å². The number of phenols is 2. The first-order valence-corrected chi connectivity index (χ1v) is 5.54. The molecule has 1 saturated heterocycles. The number of rotatable bonds is 1. The van der Waals surface area contributed by atoms with Gasteiger partial charge in [-0.05, 0) is 30.0 Å². The molecule has 0 atom stereocenters. The lowest BCUT2D eigenvalue weighted by atomic mass is 10.1. The molecule has 0 unspecified atom stereocenters. The summed E-state index contributed by atoms with van der Waals surface area (Å²) in [5.74, 6) is -0.608. The van der Waals surface area contributed by atoms with Crippen molar-refractivity contribution in [1.82, 2.24) is 4.90 Å². The van der Waals surface area contributed by atoms with E-state index in [1.54, 1.807) is 0 Å². The predicted molar refractivity (Wildman–Crippen MR) is 63.5 cm³/mol. The number of benzene rings is 1. The number of nitrogens with zero attached hydrogens (tertiary/aromatic N) is 1. The summed E-state index contributed by atoms with van der Waals surface area (Å²) in [5, 5.41) is 18.3. The van der Waals surface area contributed by atoms with Gasteiger partial charge in [-0.1, -0.05) is 0 Å². The molecule has 0 spiro atoms. The van der Waals surface area contributed by atoms with Crippen molar-refractivity contribution >= 4 is 29.0 Å². The number of hydrogen-bond donors (Lipinski definition) is 2. The van der Waals surface area contributed by atoms with Gasteiger partial charge in [0.1, 0.15) is 11.5 Å². The highest BCUT2D eigenvalue weighted by molar-refractivity contribution is 8.18. The molecule has 2 amide bonds.